The van der Waals surface area contributed by atoms with Crippen molar-refractivity contribution >= 4 is 5.91 Å². The minimum Gasteiger partial charge on any atom is -0.328 e. The number of carbonyl (C=O) groups is 1. The second kappa shape index (κ2) is 9.75. The molecule has 1 amide bonds. The van der Waals surface area contributed by atoms with Crippen molar-refractivity contribution in [2.45, 2.75) is 31.7 Å². The van der Waals surface area contributed by atoms with Gasteiger partial charge in [-0.15, -0.1) is 10.2 Å². The number of pyridine rings is 1. The van der Waals surface area contributed by atoms with Gasteiger partial charge in [0, 0.05) is 42.3 Å². The molecule has 1 atom stereocenters. The van der Waals surface area contributed by atoms with Crippen molar-refractivity contribution < 1.29 is 4.79 Å². The van der Waals surface area contributed by atoms with Crippen LogP contribution in [0.1, 0.15) is 48.0 Å². The molecule has 4 rings (SSSR count). The van der Waals surface area contributed by atoms with Gasteiger partial charge in [-0.25, -0.2) is 0 Å². The Morgan fingerprint density at radius 1 is 1.13 bits per heavy atom. The Morgan fingerprint density at radius 3 is 2.84 bits per heavy atom. The van der Waals surface area contributed by atoms with E-state index in [0.717, 1.165) is 17.0 Å². The van der Waals surface area contributed by atoms with Crippen LogP contribution in [0.4, 0.5) is 0 Å². The van der Waals surface area contributed by atoms with E-state index in [-0.39, 0.29) is 11.8 Å². The quantitative estimate of drug-likeness (QED) is 0.654. The number of carbonyl (C=O) groups excluding carboxylic acids is 1. The molecule has 1 aliphatic rings. The van der Waals surface area contributed by atoms with Gasteiger partial charge in [0.15, 0.2) is 0 Å². The lowest BCUT2D eigenvalue weighted by Gasteiger charge is -2.08. The number of nitrogens with zero attached hydrogens (tertiary/aromatic N) is 5. The number of hydrogen-bond acceptors (Lipinski definition) is 5. The van der Waals surface area contributed by atoms with Crippen LogP contribution < -0.4 is 5.32 Å². The molecular weight excluding hydrogens is 388 g/mol. The number of nitrogens with one attached hydrogen (secondary N) is 1. The molecule has 0 aliphatic heterocycles. The van der Waals surface area contributed by atoms with Crippen LogP contribution >= 0.6 is 0 Å². The minimum absolute atomic E-state index is 0.0425. The van der Waals surface area contributed by atoms with Gasteiger partial charge in [-0.05, 0) is 36.6 Å². The molecule has 3 aromatic rings. The molecule has 31 heavy (non-hydrogen) atoms. The van der Waals surface area contributed by atoms with Crippen molar-refractivity contribution in [1.82, 2.24) is 30.0 Å². The minimum atomic E-state index is -0.273. The fraction of sp³-hybridized carbons (Fsp3) is 0.208. The van der Waals surface area contributed by atoms with Crippen molar-refractivity contribution in [3.63, 3.8) is 0 Å². The van der Waals surface area contributed by atoms with Gasteiger partial charge < -0.3 is 9.88 Å². The Bertz CT molecular complexity index is 1110. The summed E-state index contributed by atoms with van der Waals surface area (Å²) in [7, 11) is 0. The lowest BCUT2D eigenvalue weighted by molar-refractivity contribution is 0.0965. The van der Waals surface area contributed by atoms with Gasteiger partial charge in [0.05, 0.1) is 0 Å². The maximum Gasteiger partial charge on any atom is 0.273 e. The summed E-state index contributed by atoms with van der Waals surface area (Å²) in [6, 6.07) is 15.6. The van der Waals surface area contributed by atoms with E-state index in [2.05, 4.69) is 30.0 Å². The molecule has 3 aromatic heterocycles. The number of rotatable bonds is 6. The van der Waals surface area contributed by atoms with Crippen LogP contribution in [0.5, 0.6) is 0 Å². The maximum absolute atomic E-state index is 12.6. The number of amides is 1. The van der Waals surface area contributed by atoms with E-state index in [9.17, 15) is 4.79 Å². The van der Waals surface area contributed by atoms with Gasteiger partial charge in [0.2, 0.25) is 0 Å². The summed E-state index contributed by atoms with van der Waals surface area (Å²) in [6.07, 6.45) is 12.8. The van der Waals surface area contributed by atoms with Crippen molar-refractivity contribution in [3.8, 4) is 11.1 Å². The predicted molar refractivity (Wildman–Crippen MR) is 118 cm³/mol. The van der Waals surface area contributed by atoms with Crippen molar-refractivity contribution in [3.05, 3.63) is 97.2 Å². The van der Waals surface area contributed by atoms with Crippen LogP contribution in [-0.4, -0.2) is 30.6 Å². The highest BCUT2D eigenvalue weighted by Crippen LogP contribution is 2.36. The highest BCUT2D eigenvalue weighted by molar-refractivity contribution is 5.94. The summed E-state index contributed by atoms with van der Waals surface area (Å²) in [5, 5.41) is 11.1. The van der Waals surface area contributed by atoms with E-state index in [1.54, 1.807) is 37.2 Å². The van der Waals surface area contributed by atoms with Crippen molar-refractivity contribution in [1.29, 1.82) is 0 Å². The van der Waals surface area contributed by atoms with Gasteiger partial charge in [0.1, 0.15) is 17.8 Å². The van der Waals surface area contributed by atoms with Crippen LogP contribution in [0.15, 0.2) is 85.7 Å². The van der Waals surface area contributed by atoms with Gasteiger partial charge >= 0.3 is 0 Å². The molecule has 156 valence electrons. The van der Waals surface area contributed by atoms with Crippen molar-refractivity contribution in [2.75, 3.05) is 0 Å². The Labute approximate surface area is 181 Å². The Balaban J connectivity index is 1.46. The Kier molecular flexibility index (Phi) is 6.42. The smallest absolute Gasteiger partial charge is 0.273 e. The molecule has 3 heterocycles. The summed E-state index contributed by atoms with van der Waals surface area (Å²) in [6.45, 7) is 2.03. The lowest BCUT2D eigenvalue weighted by Crippen LogP contribution is -2.18. The maximum atomic E-state index is 12.6. The normalized spacial score (nSPS) is 14.1. The first-order valence-corrected chi connectivity index (χ1v) is 10.3. The van der Waals surface area contributed by atoms with Gasteiger partial charge in [-0.1, -0.05) is 43.3 Å². The topological polar surface area (TPSA) is 85.6 Å². The average molecular weight is 412 g/mol. The third-order valence-electron chi connectivity index (χ3n) is 4.98. The number of hydrogen-bond donors (Lipinski definition) is 1. The summed E-state index contributed by atoms with van der Waals surface area (Å²) in [5.74, 6) is 0.679. The number of aromatic nitrogens is 5. The molecule has 0 aromatic carbocycles. The molecule has 1 saturated carbocycles. The molecule has 0 saturated heterocycles. The predicted octanol–water partition coefficient (Wildman–Crippen LogP) is 4.24. The highest BCUT2D eigenvalue weighted by atomic mass is 16.1. The first-order chi connectivity index (χ1) is 15.2. The average Bonchev–Trinajstić information content (AvgIpc) is 3.53. The summed E-state index contributed by atoms with van der Waals surface area (Å²) in [5.41, 5.74) is 2.08. The zero-order valence-electron chi connectivity index (χ0n) is 17.3. The van der Waals surface area contributed by atoms with Crippen LogP contribution in [0.3, 0.4) is 0 Å². The monoisotopic (exact) mass is 412 g/mol. The van der Waals surface area contributed by atoms with Crippen LogP contribution in [0.25, 0.3) is 11.1 Å². The van der Waals surface area contributed by atoms with Crippen LogP contribution in [-0.2, 0) is 0 Å². The van der Waals surface area contributed by atoms with E-state index in [4.69, 9.17) is 0 Å². The fourth-order valence-electron chi connectivity index (χ4n) is 3.16. The third-order valence-corrected chi connectivity index (χ3v) is 4.98. The zero-order chi connectivity index (χ0) is 21.5. The van der Waals surface area contributed by atoms with Crippen molar-refractivity contribution in [2.24, 2.45) is 0 Å². The molecule has 7 heteroatoms. The van der Waals surface area contributed by atoms with Gasteiger partial charge in [-0.2, -0.15) is 0 Å². The molecule has 7 nitrogen and oxygen atoms in total. The van der Waals surface area contributed by atoms with Crippen LogP contribution in [0, 0.1) is 0 Å². The van der Waals surface area contributed by atoms with E-state index in [1.165, 1.54) is 12.8 Å². The van der Waals surface area contributed by atoms with Gasteiger partial charge in [-0.3, -0.25) is 14.8 Å². The molecule has 1 aliphatic carbocycles. The van der Waals surface area contributed by atoms with E-state index in [0.29, 0.717) is 11.7 Å². The molecule has 0 spiro atoms. The Morgan fingerprint density at radius 2 is 1.97 bits per heavy atom. The Hall–Kier alpha value is -3.87. The first kappa shape index (κ1) is 20.4. The third kappa shape index (κ3) is 5.39. The van der Waals surface area contributed by atoms with Gasteiger partial charge in [0.25, 0.3) is 5.91 Å². The van der Waals surface area contributed by atoms with E-state index >= 15 is 0 Å². The summed E-state index contributed by atoms with van der Waals surface area (Å²) >= 11 is 0. The molecule has 0 bridgehead atoms. The first-order valence-electron chi connectivity index (χ1n) is 10.3. The second-order valence-electron chi connectivity index (χ2n) is 7.39. The summed E-state index contributed by atoms with van der Waals surface area (Å²) < 4.78 is 2.12. The fourth-order valence-corrected chi connectivity index (χ4v) is 3.16. The van der Waals surface area contributed by atoms with Crippen LogP contribution in [0.2, 0.25) is 0 Å². The highest BCUT2D eigenvalue weighted by Gasteiger charge is 2.27. The molecular formula is C24H24N6O. The van der Waals surface area contributed by atoms with E-state index < -0.39 is 0 Å². The summed E-state index contributed by atoms with van der Waals surface area (Å²) in [4.78, 5) is 21.1. The molecule has 1 N–H and O–H groups in total. The molecule has 1 unspecified atom stereocenters. The molecule has 1 fully saturated rings. The number of allylic oxidation sites excluding steroid dienone is 1. The largest absolute Gasteiger partial charge is 0.328 e. The zero-order valence-corrected chi connectivity index (χ0v) is 17.3. The lowest BCUT2D eigenvalue weighted by atomic mass is 10.1. The van der Waals surface area contributed by atoms with E-state index in [1.807, 2.05) is 55.5 Å². The molecule has 0 radical (unpaired) electrons. The second-order valence-corrected chi connectivity index (χ2v) is 7.39. The standard InChI is InChI=1S/C24H24N6O/c1-18(23-29-28-17-30(23)21-8-9-21)10-13-27-24(31)22-15-19(11-14-26-22)20-7-5-3-2-4-6-12-25-16-20/h2-7,10-18,21H,8-9H2,1H3,(H,27,31)/b3-2?,4-2?,5-3?,6-4?,7-5?,12-6?,13-10+,20-7?,20-16?,25-12?,25-16?. The SMILES string of the molecule is CC(/C=C/NC(=O)c1cc(-c2cccccccnc2)ccn1)c1nncn1C1CC1.